The van der Waals surface area contributed by atoms with E-state index < -0.39 is 13.5 Å². The Balaban J connectivity index is 2.31. The Labute approximate surface area is 142 Å². The van der Waals surface area contributed by atoms with Crippen molar-refractivity contribution in [1.29, 1.82) is 0 Å². The minimum atomic E-state index is -4.80. The highest BCUT2D eigenvalue weighted by molar-refractivity contribution is 7.51. The Bertz CT molecular complexity index is 544. The zero-order chi connectivity index (χ0) is 18.0. The van der Waals surface area contributed by atoms with Gasteiger partial charge >= 0.3 is 7.60 Å². The van der Waals surface area contributed by atoms with Crippen LogP contribution >= 0.6 is 7.60 Å². The number of amides is 1. The van der Waals surface area contributed by atoms with Crippen LogP contribution in [-0.2, 0) is 9.36 Å². The zero-order valence-corrected chi connectivity index (χ0v) is 15.0. The van der Waals surface area contributed by atoms with Gasteiger partial charge in [-0.1, -0.05) is 57.6 Å². The van der Waals surface area contributed by atoms with E-state index in [-0.39, 0.29) is 11.5 Å². The smallest absolute Gasteiger partial charge is 0.326 e. The summed E-state index contributed by atoms with van der Waals surface area (Å²) in [6.07, 6.45) is 8.38. The Morgan fingerprint density at radius 2 is 1.62 bits per heavy atom. The molecule has 7 heteroatoms. The topological polar surface area (TPSA) is 86.6 Å². The maximum atomic E-state index is 13.5. The monoisotopic (exact) mass is 359 g/mol. The van der Waals surface area contributed by atoms with Crippen LogP contribution in [0.2, 0.25) is 0 Å². The summed E-state index contributed by atoms with van der Waals surface area (Å²) < 4.78 is 24.4. The molecule has 1 atom stereocenters. The molecular weight excluding hydrogens is 332 g/mol. The van der Waals surface area contributed by atoms with Gasteiger partial charge in [-0.15, -0.1) is 0 Å². The average molecular weight is 359 g/mol. The molecule has 1 aromatic rings. The highest BCUT2D eigenvalue weighted by Gasteiger charge is 2.29. The van der Waals surface area contributed by atoms with E-state index in [4.69, 9.17) is 9.79 Å². The summed E-state index contributed by atoms with van der Waals surface area (Å²) in [6, 6.07) is 5.43. The normalized spacial score (nSPS) is 12.8. The Morgan fingerprint density at radius 1 is 1.08 bits per heavy atom. The predicted molar refractivity (Wildman–Crippen MR) is 93.6 cm³/mol. The summed E-state index contributed by atoms with van der Waals surface area (Å²) in [5.41, 5.74) is 0.387. The van der Waals surface area contributed by atoms with Gasteiger partial charge in [-0.2, -0.15) is 0 Å². The van der Waals surface area contributed by atoms with Crippen molar-refractivity contribution >= 4 is 19.2 Å². The van der Waals surface area contributed by atoms with Gasteiger partial charge < -0.3 is 15.1 Å². The zero-order valence-electron chi connectivity index (χ0n) is 14.1. The molecule has 1 rings (SSSR count). The molecule has 0 saturated heterocycles. The van der Waals surface area contributed by atoms with Crippen LogP contribution in [-0.4, -0.2) is 15.7 Å². The molecule has 0 heterocycles. The fourth-order valence-corrected chi connectivity index (χ4v) is 2.95. The standard InChI is InChI=1S/C17H27FNO4P/c1-2-3-4-5-6-7-8-9-16(20)19-15-12-10-14(11-13-15)17(18)24(21,22)23/h10-13,17H,2-9H2,1H3,(H,19,20)(H2,21,22,23). The van der Waals surface area contributed by atoms with E-state index in [1.807, 2.05) is 0 Å². The third kappa shape index (κ3) is 8.04. The second-order valence-corrected chi connectivity index (χ2v) is 7.60. The number of carbonyl (C=O) groups is 1. The molecule has 0 bridgehead atoms. The van der Waals surface area contributed by atoms with Crippen molar-refractivity contribution in [3.8, 4) is 0 Å². The minimum Gasteiger partial charge on any atom is -0.326 e. The van der Waals surface area contributed by atoms with E-state index in [1.54, 1.807) is 0 Å². The number of rotatable bonds is 11. The van der Waals surface area contributed by atoms with Crippen LogP contribution in [0.4, 0.5) is 10.1 Å². The lowest BCUT2D eigenvalue weighted by Crippen LogP contribution is -2.11. The van der Waals surface area contributed by atoms with E-state index in [0.717, 1.165) is 19.3 Å². The van der Waals surface area contributed by atoms with Gasteiger partial charge in [0.25, 0.3) is 0 Å². The molecule has 24 heavy (non-hydrogen) atoms. The SMILES string of the molecule is CCCCCCCCCC(=O)Nc1ccc(C(F)P(=O)(O)O)cc1. The van der Waals surface area contributed by atoms with Crippen molar-refractivity contribution in [2.24, 2.45) is 0 Å². The van der Waals surface area contributed by atoms with Gasteiger partial charge in [0.05, 0.1) is 0 Å². The highest BCUT2D eigenvalue weighted by atomic mass is 31.2. The Morgan fingerprint density at radius 3 is 2.17 bits per heavy atom. The van der Waals surface area contributed by atoms with Crippen LogP contribution in [0.3, 0.4) is 0 Å². The molecule has 0 aliphatic carbocycles. The lowest BCUT2D eigenvalue weighted by molar-refractivity contribution is -0.116. The third-order valence-electron chi connectivity index (χ3n) is 3.77. The summed E-state index contributed by atoms with van der Waals surface area (Å²) >= 11 is 0. The molecule has 1 unspecified atom stereocenters. The van der Waals surface area contributed by atoms with Crippen molar-refractivity contribution in [2.75, 3.05) is 5.32 Å². The van der Waals surface area contributed by atoms with E-state index in [2.05, 4.69) is 12.2 Å². The minimum absolute atomic E-state index is 0.103. The molecule has 0 spiro atoms. The van der Waals surface area contributed by atoms with Gasteiger partial charge in [0.1, 0.15) is 0 Å². The number of nitrogens with one attached hydrogen (secondary N) is 1. The summed E-state index contributed by atoms with van der Waals surface area (Å²) in [5.74, 6) is -2.45. The first kappa shape index (κ1) is 20.8. The lowest BCUT2D eigenvalue weighted by atomic mass is 10.1. The van der Waals surface area contributed by atoms with Gasteiger partial charge in [0, 0.05) is 12.1 Å². The predicted octanol–water partition coefficient (Wildman–Crippen LogP) is 4.91. The van der Waals surface area contributed by atoms with E-state index in [9.17, 15) is 13.8 Å². The number of alkyl halides is 1. The highest BCUT2D eigenvalue weighted by Crippen LogP contribution is 2.52. The molecule has 0 radical (unpaired) electrons. The van der Waals surface area contributed by atoms with Crippen molar-refractivity contribution in [3.63, 3.8) is 0 Å². The molecule has 3 N–H and O–H groups in total. The number of hydrogen-bond acceptors (Lipinski definition) is 2. The number of benzene rings is 1. The van der Waals surface area contributed by atoms with E-state index >= 15 is 0 Å². The molecule has 136 valence electrons. The number of halogens is 1. The first-order chi connectivity index (χ1) is 11.3. The molecule has 0 aliphatic rings. The quantitative estimate of drug-likeness (QED) is 0.387. The van der Waals surface area contributed by atoms with E-state index in [1.165, 1.54) is 49.9 Å². The molecule has 1 amide bonds. The van der Waals surface area contributed by atoms with Crippen LogP contribution in [0, 0.1) is 0 Å². The van der Waals surface area contributed by atoms with Crippen molar-refractivity contribution in [2.45, 2.75) is 64.2 Å². The number of unbranched alkanes of at least 4 members (excludes halogenated alkanes) is 6. The van der Waals surface area contributed by atoms with Gasteiger partial charge in [0.2, 0.25) is 11.8 Å². The van der Waals surface area contributed by atoms with Crippen LogP contribution in [0.5, 0.6) is 0 Å². The Hall–Kier alpha value is -1.23. The number of hydrogen-bond donors (Lipinski definition) is 3. The molecule has 0 saturated carbocycles. The van der Waals surface area contributed by atoms with Crippen LogP contribution in [0.1, 0.15) is 69.8 Å². The van der Waals surface area contributed by atoms with Crippen LogP contribution in [0.25, 0.3) is 0 Å². The molecular formula is C17H27FNO4P. The fourth-order valence-electron chi connectivity index (χ4n) is 2.39. The Kier molecular flexibility index (Phi) is 9.19. The van der Waals surface area contributed by atoms with Gasteiger partial charge in [-0.05, 0) is 24.1 Å². The lowest BCUT2D eigenvalue weighted by Gasteiger charge is -2.11. The summed E-state index contributed by atoms with van der Waals surface area (Å²) in [4.78, 5) is 29.4. The fraction of sp³-hybridized carbons (Fsp3) is 0.588. The van der Waals surface area contributed by atoms with Crippen molar-refractivity contribution in [3.05, 3.63) is 29.8 Å². The maximum Gasteiger partial charge on any atom is 0.363 e. The molecule has 0 aliphatic heterocycles. The number of anilines is 1. The largest absolute Gasteiger partial charge is 0.363 e. The first-order valence-electron chi connectivity index (χ1n) is 8.43. The first-order valence-corrected chi connectivity index (χ1v) is 10.1. The molecule has 1 aromatic carbocycles. The second-order valence-electron chi connectivity index (χ2n) is 5.97. The summed E-state index contributed by atoms with van der Waals surface area (Å²) in [5, 5.41) is 2.70. The van der Waals surface area contributed by atoms with Crippen molar-refractivity contribution in [1.82, 2.24) is 0 Å². The van der Waals surface area contributed by atoms with Gasteiger partial charge in [-0.25, -0.2) is 4.39 Å². The number of carbonyl (C=O) groups excluding carboxylic acids is 1. The molecule has 0 aromatic heterocycles. The average Bonchev–Trinajstić information content (AvgIpc) is 2.53. The van der Waals surface area contributed by atoms with Crippen LogP contribution < -0.4 is 5.32 Å². The van der Waals surface area contributed by atoms with Crippen LogP contribution in [0.15, 0.2) is 24.3 Å². The molecule has 0 fully saturated rings. The van der Waals surface area contributed by atoms with Gasteiger partial charge in [-0.3, -0.25) is 9.36 Å². The maximum absolute atomic E-state index is 13.5. The van der Waals surface area contributed by atoms with Crippen molar-refractivity contribution < 1.29 is 23.5 Å². The van der Waals surface area contributed by atoms with E-state index in [0.29, 0.717) is 12.1 Å². The molecule has 5 nitrogen and oxygen atoms in total. The summed E-state index contributed by atoms with van der Waals surface area (Å²) in [7, 11) is -4.80. The van der Waals surface area contributed by atoms with Gasteiger partial charge in [0.15, 0.2) is 0 Å². The third-order valence-corrected chi connectivity index (χ3v) is 4.66. The second kappa shape index (κ2) is 10.6. The summed E-state index contributed by atoms with van der Waals surface area (Å²) in [6.45, 7) is 2.18.